The molecular formula is C21H23F3N4O. The van der Waals surface area contributed by atoms with Gasteiger partial charge in [0, 0.05) is 25.2 Å². The largest absolute Gasteiger partial charge is 0.416 e. The summed E-state index contributed by atoms with van der Waals surface area (Å²) in [7, 11) is 0. The number of hydrogen-bond donors (Lipinski definition) is 2. The Morgan fingerprint density at radius 2 is 1.86 bits per heavy atom. The predicted octanol–water partition coefficient (Wildman–Crippen LogP) is 3.34. The van der Waals surface area contributed by atoms with Crippen LogP contribution in [0.5, 0.6) is 0 Å². The minimum Gasteiger partial charge on any atom is -0.337 e. The Bertz CT molecular complexity index is 924. The van der Waals surface area contributed by atoms with Crippen molar-refractivity contribution < 1.29 is 18.0 Å². The summed E-state index contributed by atoms with van der Waals surface area (Å²) in [6.45, 7) is 2.74. The smallest absolute Gasteiger partial charge is 0.337 e. The van der Waals surface area contributed by atoms with E-state index in [1.54, 1.807) is 12.1 Å². The molecule has 0 spiro atoms. The van der Waals surface area contributed by atoms with Crippen LogP contribution < -0.4 is 5.32 Å². The molecule has 1 aromatic heterocycles. The highest BCUT2D eigenvalue weighted by Gasteiger charge is 2.45. The summed E-state index contributed by atoms with van der Waals surface area (Å²) in [5.74, 6) is 0.360. The zero-order valence-electron chi connectivity index (χ0n) is 15.9. The van der Waals surface area contributed by atoms with Gasteiger partial charge in [0.15, 0.2) is 5.69 Å². The lowest BCUT2D eigenvalue weighted by Crippen LogP contribution is -2.32. The molecule has 29 heavy (non-hydrogen) atoms. The molecule has 2 N–H and O–H groups in total. The van der Waals surface area contributed by atoms with Crippen LogP contribution in [0.4, 0.5) is 13.2 Å². The van der Waals surface area contributed by atoms with Gasteiger partial charge in [0.2, 0.25) is 0 Å². The number of carbonyl (C=O) groups is 1. The molecule has 3 aliphatic rings. The molecule has 5 nitrogen and oxygen atoms in total. The maximum atomic E-state index is 13.4. The fraction of sp³-hybridized carbons (Fsp3) is 0.524. The van der Waals surface area contributed by atoms with Crippen molar-refractivity contribution in [1.29, 1.82) is 0 Å². The van der Waals surface area contributed by atoms with Gasteiger partial charge < -0.3 is 10.2 Å². The molecule has 1 saturated carbocycles. The first-order valence-corrected chi connectivity index (χ1v) is 10.1. The van der Waals surface area contributed by atoms with Gasteiger partial charge in [0.05, 0.1) is 11.3 Å². The predicted molar refractivity (Wildman–Crippen MR) is 100 cm³/mol. The number of benzene rings is 1. The molecule has 2 aromatic rings. The van der Waals surface area contributed by atoms with Crippen LogP contribution in [0.1, 0.15) is 51.6 Å². The van der Waals surface area contributed by atoms with Gasteiger partial charge in [-0.15, -0.1) is 0 Å². The first-order chi connectivity index (χ1) is 13.9. The van der Waals surface area contributed by atoms with Crippen molar-refractivity contribution in [2.24, 2.45) is 11.8 Å². The number of halogens is 3. The van der Waals surface area contributed by atoms with E-state index in [9.17, 15) is 18.0 Å². The standard InChI is InChI=1S/C21H23F3N4O/c22-21(23,24)17-4-2-1-3-15(17)12-7-13-10-28(11-14(13)8-12)20(29)19-16-5-6-25-9-18(16)26-27-19/h1-4,12-14,25H,5-11H2,(H,26,27)/t12-,13-,14+. The molecule has 8 heteroatoms. The number of amides is 1. The number of rotatable bonds is 2. The van der Waals surface area contributed by atoms with Gasteiger partial charge in [-0.3, -0.25) is 9.89 Å². The summed E-state index contributed by atoms with van der Waals surface area (Å²) in [5.41, 5.74) is 2.38. The highest BCUT2D eigenvalue weighted by molar-refractivity contribution is 5.94. The topological polar surface area (TPSA) is 61.0 Å². The quantitative estimate of drug-likeness (QED) is 0.807. The van der Waals surface area contributed by atoms with E-state index in [1.807, 2.05) is 4.90 Å². The van der Waals surface area contributed by atoms with Crippen molar-refractivity contribution >= 4 is 5.91 Å². The molecule has 1 aromatic carbocycles. The molecular weight excluding hydrogens is 381 g/mol. The Hall–Kier alpha value is -2.35. The lowest BCUT2D eigenvalue weighted by Gasteiger charge is -2.21. The van der Waals surface area contributed by atoms with Crippen molar-refractivity contribution in [3.8, 4) is 0 Å². The van der Waals surface area contributed by atoms with Crippen LogP contribution in [-0.4, -0.2) is 40.6 Å². The third kappa shape index (κ3) is 3.23. The number of carbonyl (C=O) groups excluding carboxylic acids is 1. The van der Waals surface area contributed by atoms with Gasteiger partial charge in [-0.2, -0.15) is 18.3 Å². The van der Waals surface area contributed by atoms with Gasteiger partial charge in [0.25, 0.3) is 5.91 Å². The molecule has 3 atom stereocenters. The second-order valence-corrected chi connectivity index (χ2v) is 8.44. The van der Waals surface area contributed by atoms with Crippen molar-refractivity contribution in [3.63, 3.8) is 0 Å². The highest BCUT2D eigenvalue weighted by atomic mass is 19.4. The van der Waals surface area contributed by atoms with Crippen LogP contribution in [0.2, 0.25) is 0 Å². The maximum Gasteiger partial charge on any atom is 0.416 e. The van der Waals surface area contributed by atoms with Crippen molar-refractivity contribution in [3.05, 3.63) is 52.3 Å². The molecule has 1 amide bonds. The van der Waals surface area contributed by atoms with Crippen molar-refractivity contribution in [1.82, 2.24) is 20.4 Å². The van der Waals surface area contributed by atoms with Crippen LogP contribution >= 0.6 is 0 Å². The number of likely N-dealkylation sites (tertiary alicyclic amines) is 1. The molecule has 0 unspecified atom stereocenters. The Morgan fingerprint density at radius 1 is 1.14 bits per heavy atom. The van der Waals surface area contributed by atoms with E-state index in [1.165, 1.54) is 12.1 Å². The summed E-state index contributed by atoms with van der Waals surface area (Å²) in [4.78, 5) is 14.9. The molecule has 2 fully saturated rings. The monoisotopic (exact) mass is 404 g/mol. The Labute approximate surface area is 166 Å². The Morgan fingerprint density at radius 3 is 2.59 bits per heavy atom. The summed E-state index contributed by atoms with van der Waals surface area (Å²) >= 11 is 0. The van der Waals surface area contributed by atoms with Gasteiger partial charge in [0.1, 0.15) is 0 Å². The molecule has 1 saturated heterocycles. The number of hydrogen-bond acceptors (Lipinski definition) is 3. The van der Waals surface area contributed by atoms with Crippen molar-refractivity contribution in [2.45, 2.75) is 37.9 Å². The van der Waals surface area contributed by atoms with Crippen LogP contribution in [0.3, 0.4) is 0 Å². The fourth-order valence-electron chi connectivity index (χ4n) is 5.40. The lowest BCUT2D eigenvalue weighted by atomic mass is 9.91. The van der Waals surface area contributed by atoms with Gasteiger partial charge in [-0.25, -0.2) is 0 Å². The van der Waals surface area contributed by atoms with Gasteiger partial charge >= 0.3 is 6.18 Å². The molecule has 2 aliphatic heterocycles. The molecule has 1 aliphatic carbocycles. The second-order valence-electron chi connectivity index (χ2n) is 8.44. The SMILES string of the molecule is O=C(c1n[nH]c2c1CCNC2)N1C[C@H]2C[C@@H](c3ccccc3C(F)(F)F)C[C@H]2C1. The lowest BCUT2D eigenvalue weighted by molar-refractivity contribution is -0.138. The minimum absolute atomic E-state index is 0.0500. The zero-order chi connectivity index (χ0) is 20.2. The average molecular weight is 404 g/mol. The number of fused-ring (bicyclic) bond motifs is 2. The van der Waals surface area contributed by atoms with E-state index in [-0.39, 0.29) is 23.7 Å². The zero-order valence-corrected chi connectivity index (χ0v) is 15.9. The first kappa shape index (κ1) is 18.7. The molecule has 3 heterocycles. The molecule has 154 valence electrons. The first-order valence-electron chi connectivity index (χ1n) is 10.1. The van der Waals surface area contributed by atoms with E-state index in [2.05, 4.69) is 15.5 Å². The number of H-pyrrole nitrogens is 1. The van der Waals surface area contributed by atoms with E-state index in [0.717, 1.165) is 24.2 Å². The third-order valence-electron chi connectivity index (χ3n) is 6.75. The summed E-state index contributed by atoms with van der Waals surface area (Å²) in [6, 6.07) is 5.92. The van der Waals surface area contributed by atoms with Crippen LogP contribution in [0, 0.1) is 11.8 Å². The van der Waals surface area contributed by atoms with E-state index >= 15 is 0 Å². The normalized spacial score (nSPS) is 26.4. The van der Waals surface area contributed by atoms with Crippen LogP contribution in [-0.2, 0) is 19.1 Å². The summed E-state index contributed by atoms with van der Waals surface area (Å²) < 4.78 is 40.2. The average Bonchev–Trinajstić information content (AvgIpc) is 3.39. The number of aromatic nitrogens is 2. The van der Waals surface area contributed by atoms with Gasteiger partial charge in [-0.1, -0.05) is 18.2 Å². The second kappa shape index (κ2) is 6.86. The Kier molecular flexibility index (Phi) is 4.42. The van der Waals surface area contributed by atoms with E-state index in [0.29, 0.717) is 43.7 Å². The highest BCUT2D eigenvalue weighted by Crippen LogP contribution is 2.49. The molecule has 5 rings (SSSR count). The molecule has 0 radical (unpaired) electrons. The van der Waals surface area contributed by atoms with Gasteiger partial charge in [-0.05, 0) is 55.2 Å². The molecule has 0 bridgehead atoms. The number of nitrogens with one attached hydrogen (secondary N) is 2. The van der Waals surface area contributed by atoms with Crippen LogP contribution in [0.15, 0.2) is 24.3 Å². The van der Waals surface area contributed by atoms with Crippen molar-refractivity contribution in [2.75, 3.05) is 19.6 Å². The summed E-state index contributed by atoms with van der Waals surface area (Å²) in [6.07, 6.45) is -2.15. The van der Waals surface area contributed by atoms with E-state index < -0.39 is 11.7 Å². The number of alkyl halides is 3. The van der Waals surface area contributed by atoms with Crippen LogP contribution in [0.25, 0.3) is 0 Å². The summed E-state index contributed by atoms with van der Waals surface area (Å²) in [5, 5.41) is 10.5. The minimum atomic E-state index is -4.33. The maximum absolute atomic E-state index is 13.4. The number of nitrogens with zero attached hydrogens (tertiary/aromatic N) is 2. The third-order valence-corrected chi connectivity index (χ3v) is 6.75. The number of aromatic amines is 1. The van der Waals surface area contributed by atoms with E-state index in [4.69, 9.17) is 0 Å². The fourth-order valence-corrected chi connectivity index (χ4v) is 5.40. The Balaban J connectivity index is 1.30.